The molecule has 1 aromatic rings. The van der Waals surface area contributed by atoms with Crippen LogP contribution in [0.25, 0.3) is 0 Å². The van der Waals surface area contributed by atoms with Gasteiger partial charge in [0.15, 0.2) is 0 Å². The number of carbonyl (C=O) groups is 1. The van der Waals surface area contributed by atoms with Crippen molar-refractivity contribution in [3.05, 3.63) is 23.7 Å². The number of amides is 2. The Bertz CT molecular complexity index is 452. The maximum atomic E-state index is 11.7. The van der Waals surface area contributed by atoms with Crippen LogP contribution in [-0.2, 0) is 10.3 Å². The summed E-state index contributed by atoms with van der Waals surface area (Å²) in [7, 11) is 1.59. The average molecular weight is 284 g/mol. The van der Waals surface area contributed by atoms with E-state index in [1.807, 2.05) is 13.8 Å². The molecule has 0 fully saturated rings. The Morgan fingerprint density at radius 3 is 2.40 bits per heavy atom. The second-order valence-electron chi connectivity index (χ2n) is 5.68. The SMILES string of the molecule is COC(C)(C)CNC(=O)NCC(C)(O)c1ccc(C)o1. The molecule has 3 N–H and O–H groups in total. The van der Waals surface area contributed by atoms with E-state index in [-0.39, 0.29) is 12.6 Å². The van der Waals surface area contributed by atoms with Crippen LogP contribution in [0.2, 0.25) is 0 Å². The maximum absolute atomic E-state index is 11.7. The number of rotatable bonds is 6. The third-order valence-corrected chi connectivity index (χ3v) is 3.09. The van der Waals surface area contributed by atoms with Gasteiger partial charge in [-0.2, -0.15) is 0 Å². The molecule has 1 rings (SSSR count). The Morgan fingerprint density at radius 2 is 1.90 bits per heavy atom. The maximum Gasteiger partial charge on any atom is 0.315 e. The summed E-state index contributed by atoms with van der Waals surface area (Å²) in [5.74, 6) is 1.14. The van der Waals surface area contributed by atoms with E-state index >= 15 is 0 Å². The molecule has 1 heterocycles. The average Bonchev–Trinajstić information content (AvgIpc) is 2.82. The van der Waals surface area contributed by atoms with Crippen LogP contribution >= 0.6 is 0 Å². The van der Waals surface area contributed by atoms with E-state index < -0.39 is 11.2 Å². The summed E-state index contributed by atoms with van der Waals surface area (Å²) < 4.78 is 10.6. The van der Waals surface area contributed by atoms with Crippen LogP contribution in [0.1, 0.15) is 32.3 Å². The van der Waals surface area contributed by atoms with Crippen LogP contribution in [0.5, 0.6) is 0 Å². The lowest BCUT2D eigenvalue weighted by Crippen LogP contribution is -2.47. The van der Waals surface area contributed by atoms with Crippen molar-refractivity contribution in [2.24, 2.45) is 0 Å². The number of ether oxygens (including phenoxy) is 1. The normalized spacial score (nSPS) is 14.7. The van der Waals surface area contributed by atoms with Gasteiger partial charge in [-0.3, -0.25) is 0 Å². The van der Waals surface area contributed by atoms with Crippen LogP contribution in [0, 0.1) is 6.92 Å². The molecule has 0 saturated heterocycles. The molecule has 0 radical (unpaired) electrons. The Morgan fingerprint density at radius 1 is 1.30 bits per heavy atom. The van der Waals surface area contributed by atoms with Gasteiger partial charge in [0, 0.05) is 13.7 Å². The highest BCUT2D eigenvalue weighted by atomic mass is 16.5. The Kier molecular flexibility index (Phi) is 5.19. The van der Waals surface area contributed by atoms with E-state index in [2.05, 4.69) is 10.6 Å². The van der Waals surface area contributed by atoms with Crippen LogP contribution < -0.4 is 10.6 Å². The van der Waals surface area contributed by atoms with E-state index in [1.54, 1.807) is 33.1 Å². The fraction of sp³-hybridized carbons (Fsp3) is 0.643. The summed E-state index contributed by atoms with van der Waals surface area (Å²) in [5.41, 5.74) is -1.68. The van der Waals surface area contributed by atoms with Gasteiger partial charge in [0.05, 0.1) is 12.1 Å². The minimum absolute atomic E-state index is 0.0548. The van der Waals surface area contributed by atoms with Crippen molar-refractivity contribution >= 4 is 6.03 Å². The van der Waals surface area contributed by atoms with Gasteiger partial charge in [0.2, 0.25) is 0 Å². The predicted octanol–water partition coefficient (Wildman–Crippen LogP) is 1.52. The number of furan rings is 1. The number of nitrogens with one attached hydrogen (secondary N) is 2. The van der Waals surface area contributed by atoms with Gasteiger partial charge in [0.25, 0.3) is 0 Å². The topological polar surface area (TPSA) is 83.7 Å². The molecule has 0 aromatic carbocycles. The molecule has 20 heavy (non-hydrogen) atoms. The zero-order chi connectivity index (χ0) is 15.4. The van der Waals surface area contributed by atoms with Crippen molar-refractivity contribution in [3.63, 3.8) is 0 Å². The molecule has 114 valence electrons. The third-order valence-electron chi connectivity index (χ3n) is 3.09. The number of urea groups is 1. The lowest BCUT2D eigenvalue weighted by molar-refractivity contribution is 0.0238. The molecule has 0 aliphatic carbocycles. The van der Waals surface area contributed by atoms with Crippen LogP contribution in [0.4, 0.5) is 4.79 Å². The molecular weight excluding hydrogens is 260 g/mol. The minimum atomic E-state index is -1.25. The molecule has 0 saturated carbocycles. The van der Waals surface area contributed by atoms with Gasteiger partial charge in [-0.15, -0.1) is 0 Å². The van der Waals surface area contributed by atoms with Gasteiger partial charge in [-0.25, -0.2) is 4.79 Å². The lowest BCUT2D eigenvalue weighted by atomic mass is 10.0. The Balaban J connectivity index is 2.44. The summed E-state index contributed by atoms with van der Waals surface area (Å²) in [6.45, 7) is 7.55. The summed E-state index contributed by atoms with van der Waals surface area (Å²) in [6.07, 6.45) is 0. The van der Waals surface area contributed by atoms with E-state index in [1.165, 1.54) is 0 Å². The molecule has 0 bridgehead atoms. The highest BCUT2D eigenvalue weighted by molar-refractivity contribution is 5.74. The smallest absolute Gasteiger partial charge is 0.315 e. The molecule has 0 aliphatic heterocycles. The Labute approximate surface area is 119 Å². The van der Waals surface area contributed by atoms with Crippen molar-refractivity contribution in [1.82, 2.24) is 10.6 Å². The first-order chi connectivity index (χ1) is 9.16. The number of hydrogen-bond donors (Lipinski definition) is 3. The molecule has 0 aliphatic rings. The molecular formula is C14H24N2O4. The highest BCUT2D eigenvalue weighted by Gasteiger charge is 2.27. The van der Waals surface area contributed by atoms with Gasteiger partial charge in [-0.1, -0.05) is 0 Å². The fourth-order valence-electron chi connectivity index (χ4n) is 1.49. The third kappa shape index (κ3) is 4.86. The van der Waals surface area contributed by atoms with Gasteiger partial charge in [0.1, 0.15) is 17.1 Å². The first-order valence-corrected chi connectivity index (χ1v) is 6.52. The van der Waals surface area contributed by atoms with Crippen molar-refractivity contribution < 1.29 is 19.1 Å². The molecule has 2 amide bonds. The van der Waals surface area contributed by atoms with Crippen molar-refractivity contribution in [1.29, 1.82) is 0 Å². The number of aryl methyl sites for hydroxylation is 1. The number of methoxy groups -OCH3 is 1. The van der Waals surface area contributed by atoms with Crippen LogP contribution in [-0.4, -0.2) is 36.9 Å². The van der Waals surface area contributed by atoms with E-state index in [9.17, 15) is 9.90 Å². The Hall–Kier alpha value is -1.53. The molecule has 1 aromatic heterocycles. The van der Waals surface area contributed by atoms with E-state index in [0.29, 0.717) is 18.1 Å². The summed E-state index contributed by atoms with van der Waals surface area (Å²) in [4.78, 5) is 11.7. The van der Waals surface area contributed by atoms with Crippen molar-refractivity contribution in [2.75, 3.05) is 20.2 Å². The van der Waals surface area contributed by atoms with Crippen LogP contribution in [0.3, 0.4) is 0 Å². The fourth-order valence-corrected chi connectivity index (χ4v) is 1.49. The lowest BCUT2D eigenvalue weighted by Gasteiger charge is -2.25. The number of hydrogen-bond acceptors (Lipinski definition) is 4. The minimum Gasteiger partial charge on any atom is -0.463 e. The van der Waals surface area contributed by atoms with Gasteiger partial charge >= 0.3 is 6.03 Å². The molecule has 1 unspecified atom stereocenters. The van der Waals surface area contributed by atoms with Crippen LogP contribution in [0.15, 0.2) is 16.5 Å². The zero-order valence-electron chi connectivity index (χ0n) is 12.7. The van der Waals surface area contributed by atoms with E-state index in [4.69, 9.17) is 9.15 Å². The molecule has 6 heteroatoms. The molecule has 1 atom stereocenters. The summed E-state index contributed by atoms with van der Waals surface area (Å²) in [6, 6.07) is 3.10. The molecule has 0 spiro atoms. The largest absolute Gasteiger partial charge is 0.463 e. The second-order valence-corrected chi connectivity index (χ2v) is 5.68. The van der Waals surface area contributed by atoms with Crippen molar-refractivity contribution in [3.8, 4) is 0 Å². The zero-order valence-corrected chi connectivity index (χ0v) is 12.7. The first-order valence-electron chi connectivity index (χ1n) is 6.52. The standard InChI is InChI=1S/C14H24N2O4/c1-10-6-7-11(20-10)14(4,18)9-16-12(17)15-8-13(2,3)19-5/h6-7,18H,8-9H2,1-5H3,(H2,15,16,17). The highest BCUT2D eigenvalue weighted by Crippen LogP contribution is 2.21. The van der Waals surface area contributed by atoms with Crippen molar-refractivity contribution in [2.45, 2.75) is 38.9 Å². The quantitative estimate of drug-likeness (QED) is 0.739. The second kappa shape index (κ2) is 6.28. The monoisotopic (exact) mass is 284 g/mol. The summed E-state index contributed by atoms with van der Waals surface area (Å²) in [5, 5.41) is 15.6. The van der Waals surface area contributed by atoms with Gasteiger partial charge in [-0.05, 0) is 39.8 Å². The van der Waals surface area contributed by atoms with E-state index in [0.717, 1.165) is 0 Å². The van der Waals surface area contributed by atoms with Gasteiger partial charge < -0.3 is 24.9 Å². The summed E-state index contributed by atoms with van der Waals surface area (Å²) >= 11 is 0. The molecule has 6 nitrogen and oxygen atoms in total. The number of aliphatic hydroxyl groups is 1. The number of carbonyl (C=O) groups excluding carboxylic acids is 1. The first kappa shape index (κ1) is 16.5. The predicted molar refractivity (Wildman–Crippen MR) is 75.5 cm³/mol.